The van der Waals surface area contributed by atoms with E-state index in [1.807, 2.05) is 6.07 Å². The van der Waals surface area contributed by atoms with Crippen LogP contribution in [0, 0.1) is 10.1 Å². The first kappa shape index (κ1) is 18.7. The second-order valence-electron chi connectivity index (χ2n) is 6.36. The van der Waals surface area contributed by atoms with Gasteiger partial charge in [-0.1, -0.05) is 17.4 Å². The molecule has 0 aliphatic carbocycles. The van der Waals surface area contributed by atoms with E-state index in [4.69, 9.17) is 4.42 Å². The lowest BCUT2D eigenvalue weighted by Gasteiger charge is -2.30. The van der Waals surface area contributed by atoms with Crippen LogP contribution in [0.4, 0.5) is 5.69 Å². The Kier molecular flexibility index (Phi) is 4.96. The number of nitro benzene ring substituents is 1. The van der Waals surface area contributed by atoms with Crippen LogP contribution in [0.15, 0.2) is 52.0 Å². The standard InChI is InChI=1S/C17H16N4O5S2/c22-21(23)13-3-1-4-14(11-13)28(24,25)20-8-6-12(7-9-20)16-18-19-17(27-16)15-5-2-10-26-15/h1-5,10-12H,6-9H2. The predicted octanol–water partition coefficient (Wildman–Crippen LogP) is 3.27. The topological polar surface area (TPSA) is 119 Å². The minimum atomic E-state index is -3.77. The second-order valence-corrected chi connectivity index (χ2v) is 9.30. The van der Waals surface area contributed by atoms with Crippen LogP contribution in [-0.4, -0.2) is 40.9 Å². The number of furan rings is 1. The van der Waals surface area contributed by atoms with Gasteiger partial charge >= 0.3 is 0 Å². The van der Waals surface area contributed by atoms with Crippen molar-refractivity contribution in [3.8, 4) is 10.8 Å². The molecule has 1 aliphatic rings. The van der Waals surface area contributed by atoms with E-state index < -0.39 is 14.9 Å². The molecule has 4 rings (SSSR count). The van der Waals surface area contributed by atoms with Gasteiger partial charge in [0.2, 0.25) is 10.0 Å². The second kappa shape index (κ2) is 7.41. The smallest absolute Gasteiger partial charge is 0.270 e. The summed E-state index contributed by atoms with van der Waals surface area (Å²) < 4.78 is 32.4. The quantitative estimate of drug-likeness (QED) is 0.459. The fraction of sp³-hybridized carbons (Fsp3) is 0.294. The fourth-order valence-corrected chi connectivity index (χ4v) is 5.64. The number of hydrogen-bond donors (Lipinski definition) is 0. The summed E-state index contributed by atoms with van der Waals surface area (Å²) in [5.74, 6) is 0.784. The average molecular weight is 420 g/mol. The SMILES string of the molecule is O=[N+]([O-])c1cccc(S(=O)(=O)N2CCC(c3nnc(-c4ccco4)s3)CC2)c1. The molecule has 0 bridgehead atoms. The van der Waals surface area contributed by atoms with E-state index in [-0.39, 0.29) is 16.5 Å². The summed E-state index contributed by atoms with van der Waals surface area (Å²) in [4.78, 5) is 10.3. The van der Waals surface area contributed by atoms with Crippen molar-refractivity contribution < 1.29 is 17.8 Å². The molecule has 3 heterocycles. The summed E-state index contributed by atoms with van der Waals surface area (Å²) in [5.41, 5.74) is -0.240. The van der Waals surface area contributed by atoms with Crippen molar-refractivity contribution in [2.75, 3.05) is 13.1 Å². The summed E-state index contributed by atoms with van der Waals surface area (Å²) in [6.45, 7) is 0.650. The highest BCUT2D eigenvalue weighted by Crippen LogP contribution is 2.35. The van der Waals surface area contributed by atoms with Crippen molar-refractivity contribution in [3.63, 3.8) is 0 Å². The number of nitro groups is 1. The van der Waals surface area contributed by atoms with Crippen LogP contribution in [0.5, 0.6) is 0 Å². The number of piperidine rings is 1. The van der Waals surface area contributed by atoms with Gasteiger partial charge in [-0.2, -0.15) is 4.31 Å². The molecule has 9 nitrogen and oxygen atoms in total. The molecule has 1 aliphatic heterocycles. The summed E-state index contributed by atoms with van der Waals surface area (Å²) in [6.07, 6.45) is 2.80. The molecule has 0 radical (unpaired) electrons. The van der Waals surface area contributed by atoms with Crippen molar-refractivity contribution in [1.82, 2.24) is 14.5 Å². The van der Waals surface area contributed by atoms with Gasteiger partial charge in [-0.15, -0.1) is 10.2 Å². The fourth-order valence-electron chi connectivity index (χ4n) is 3.15. The van der Waals surface area contributed by atoms with Gasteiger partial charge in [-0.3, -0.25) is 10.1 Å². The Morgan fingerprint density at radius 1 is 1.18 bits per heavy atom. The van der Waals surface area contributed by atoms with Crippen LogP contribution < -0.4 is 0 Å². The Bertz CT molecular complexity index is 1090. The third-order valence-electron chi connectivity index (χ3n) is 4.64. The Morgan fingerprint density at radius 2 is 1.96 bits per heavy atom. The Hall–Kier alpha value is -2.63. The zero-order chi connectivity index (χ0) is 19.7. The molecule has 0 atom stereocenters. The average Bonchev–Trinajstić information content (AvgIpc) is 3.40. The molecule has 2 aromatic heterocycles. The van der Waals surface area contributed by atoms with Gasteiger partial charge in [-0.25, -0.2) is 8.42 Å². The van der Waals surface area contributed by atoms with Gasteiger partial charge in [-0.05, 0) is 31.0 Å². The zero-order valence-corrected chi connectivity index (χ0v) is 16.2. The van der Waals surface area contributed by atoms with E-state index in [2.05, 4.69) is 10.2 Å². The maximum atomic E-state index is 12.8. The normalized spacial score (nSPS) is 16.3. The van der Waals surface area contributed by atoms with Crippen molar-refractivity contribution >= 4 is 27.0 Å². The predicted molar refractivity (Wildman–Crippen MR) is 101 cm³/mol. The maximum absolute atomic E-state index is 12.8. The highest BCUT2D eigenvalue weighted by molar-refractivity contribution is 7.89. The monoisotopic (exact) mass is 420 g/mol. The molecule has 0 saturated carbocycles. The van der Waals surface area contributed by atoms with Crippen molar-refractivity contribution in [3.05, 3.63) is 57.8 Å². The van der Waals surface area contributed by atoms with Gasteiger partial charge in [0.15, 0.2) is 10.8 Å². The van der Waals surface area contributed by atoms with Gasteiger partial charge in [0.1, 0.15) is 5.01 Å². The molecule has 3 aromatic rings. The number of nitrogens with zero attached hydrogens (tertiary/aromatic N) is 4. The molecule has 0 unspecified atom stereocenters. The lowest BCUT2D eigenvalue weighted by Crippen LogP contribution is -2.37. The molecule has 0 amide bonds. The van der Waals surface area contributed by atoms with Crippen LogP contribution in [0.2, 0.25) is 0 Å². The zero-order valence-electron chi connectivity index (χ0n) is 14.6. The number of aromatic nitrogens is 2. The molecule has 146 valence electrons. The lowest BCUT2D eigenvalue weighted by molar-refractivity contribution is -0.385. The van der Waals surface area contributed by atoms with Gasteiger partial charge in [0.05, 0.1) is 16.1 Å². The van der Waals surface area contributed by atoms with Crippen LogP contribution in [0.1, 0.15) is 23.8 Å². The maximum Gasteiger partial charge on any atom is 0.270 e. The van der Waals surface area contributed by atoms with Gasteiger partial charge in [0.25, 0.3) is 5.69 Å². The first-order valence-electron chi connectivity index (χ1n) is 8.57. The molecule has 1 fully saturated rings. The van der Waals surface area contributed by atoms with Gasteiger partial charge in [0, 0.05) is 31.1 Å². The number of sulfonamides is 1. The Balaban J connectivity index is 1.46. The van der Waals surface area contributed by atoms with Crippen molar-refractivity contribution in [1.29, 1.82) is 0 Å². The molecule has 1 saturated heterocycles. The molecule has 0 N–H and O–H groups in total. The summed E-state index contributed by atoms with van der Waals surface area (Å²) >= 11 is 1.45. The van der Waals surface area contributed by atoms with Crippen LogP contribution in [-0.2, 0) is 10.0 Å². The summed E-state index contributed by atoms with van der Waals surface area (Å²) in [6, 6.07) is 8.75. The number of rotatable bonds is 5. The van der Waals surface area contributed by atoms with Crippen LogP contribution >= 0.6 is 11.3 Å². The molecular weight excluding hydrogens is 404 g/mol. The molecule has 0 spiro atoms. The third-order valence-corrected chi connectivity index (χ3v) is 7.64. The summed E-state index contributed by atoms with van der Waals surface area (Å²) in [5, 5.41) is 20.9. The van der Waals surface area contributed by atoms with Crippen molar-refractivity contribution in [2.45, 2.75) is 23.7 Å². The van der Waals surface area contributed by atoms with E-state index in [0.29, 0.717) is 36.7 Å². The largest absolute Gasteiger partial charge is 0.462 e. The first-order valence-corrected chi connectivity index (χ1v) is 10.8. The van der Waals surface area contributed by atoms with Crippen LogP contribution in [0.25, 0.3) is 10.8 Å². The number of non-ortho nitro benzene ring substituents is 1. The minimum Gasteiger partial charge on any atom is -0.462 e. The van der Waals surface area contributed by atoms with Crippen LogP contribution in [0.3, 0.4) is 0 Å². The Morgan fingerprint density at radius 3 is 2.64 bits per heavy atom. The minimum absolute atomic E-state index is 0.0591. The molecule has 11 heteroatoms. The molecular formula is C17H16N4O5S2. The third kappa shape index (κ3) is 3.55. The molecule has 1 aromatic carbocycles. The highest BCUT2D eigenvalue weighted by atomic mass is 32.2. The van der Waals surface area contributed by atoms with Crippen molar-refractivity contribution in [2.24, 2.45) is 0 Å². The van der Waals surface area contributed by atoms with E-state index in [9.17, 15) is 18.5 Å². The van der Waals surface area contributed by atoms with E-state index in [1.165, 1.54) is 33.8 Å². The number of hydrogen-bond acceptors (Lipinski definition) is 8. The van der Waals surface area contributed by atoms with Gasteiger partial charge < -0.3 is 4.42 Å². The summed E-state index contributed by atoms with van der Waals surface area (Å²) in [7, 11) is -3.77. The van der Waals surface area contributed by atoms with E-state index in [1.54, 1.807) is 12.3 Å². The first-order chi connectivity index (χ1) is 13.4. The van der Waals surface area contributed by atoms with E-state index >= 15 is 0 Å². The number of benzene rings is 1. The molecule has 28 heavy (non-hydrogen) atoms. The van der Waals surface area contributed by atoms with E-state index in [0.717, 1.165) is 11.1 Å². The Labute approximate surface area is 164 Å². The highest BCUT2D eigenvalue weighted by Gasteiger charge is 2.32. The lowest BCUT2D eigenvalue weighted by atomic mass is 9.99.